The molecule has 5 nitrogen and oxygen atoms in total. The normalized spacial score (nSPS) is 11.5. The van der Waals surface area contributed by atoms with Gasteiger partial charge in [-0.15, -0.1) is 0 Å². The molecule has 1 amide bonds. The van der Waals surface area contributed by atoms with E-state index in [-0.39, 0.29) is 16.5 Å². The maximum atomic E-state index is 12.9. The number of benzene rings is 1. The van der Waals surface area contributed by atoms with Gasteiger partial charge in [0, 0.05) is 5.69 Å². The van der Waals surface area contributed by atoms with E-state index in [1.807, 2.05) is 0 Å². The van der Waals surface area contributed by atoms with E-state index in [0.717, 1.165) is 12.1 Å². The van der Waals surface area contributed by atoms with Crippen LogP contribution in [0.3, 0.4) is 0 Å². The van der Waals surface area contributed by atoms with Crippen LogP contribution in [-0.2, 0) is 11.3 Å². The van der Waals surface area contributed by atoms with Gasteiger partial charge in [0.15, 0.2) is 0 Å². The third-order valence-electron chi connectivity index (χ3n) is 3.00. The van der Waals surface area contributed by atoms with E-state index in [9.17, 15) is 31.1 Å². The third-order valence-corrected chi connectivity index (χ3v) is 3.30. The lowest BCUT2D eigenvalue weighted by molar-refractivity contribution is -0.117. The molecule has 0 aliphatic carbocycles. The predicted octanol–water partition coefficient (Wildman–Crippen LogP) is 4.65. The number of carbonyl (C=O) groups is 1. The zero-order chi connectivity index (χ0) is 19.4. The Morgan fingerprint density at radius 2 is 1.85 bits per heavy atom. The minimum Gasteiger partial charge on any atom is -0.433 e. The fourth-order valence-corrected chi connectivity index (χ4v) is 2.19. The number of hydrogen-bond acceptors (Lipinski definition) is 3. The summed E-state index contributed by atoms with van der Waals surface area (Å²) in [4.78, 5) is 11.9. The molecular weight excluding hydrogens is 392 g/mol. The van der Waals surface area contributed by atoms with E-state index in [2.05, 4.69) is 15.2 Å². The van der Waals surface area contributed by atoms with Crippen molar-refractivity contribution in [1.29, 1.82) is 0 Å². The molecular formula is C14H10ClF6N3O2. The standard InChI is InChI=1S/C14H10ClF6N3O2/c15-7-3-6(1-2-10(7)26-14(20)21)22-11(25)5-24-9(13(18)19)4-8(23-24)12(16)17/h1-4,12-14H,5H2,(H,22,25). The molecule has 26 heavy (non-hydrogen) atoms. The molecule has 1 N–H and O–H groups in total. The fraction of sp³-hybridized carbons (Fsp3) is 0.286. The van der Waals surface area contributed by atoms with Gasteiger partial charge >= 0.3 is 6.61 Å². The molecule has 0 saturated heterocycles. The molecule has 0 spiro atoms. The van der Waals surface area contributed by atoms with E-state index < -0.39 is 43.3 Å². The molecule has 0 unspecified atom stereocenters. The van der Waals surface area contributed by atoms with Crippen molar-refractivity contribution in [2.24, 2.45) is 0 Å². The second-order valence-corrected chi connectivity index (χ2v) is 5.23. The van der Waals surface area contributed by atoms with Crippen molar-refractivity contribution in [3.8, 4) is 5.75 Å². The Hall–Kier alpha value is -2.43. The van der Waals surface area contributed by atoms with Crippen LogP contribution >= 0.6 is 11.6 Å². The topological polar surface area (TPSA) is 56.2 Å². The van der Waals surface area contributed by atoms with Crippen LogP contribution in [0.2, 0.25) is 5.02 Å². The van der Waals surface area contributed by atoms with Crippen LogP contribution in [0.5, 0.6) is 5.75 Å². The van der Waals surface area contributed by atoms with E-state index in [1.54, 1.807) is 0 Å². The number of aromatic nitrogens is 2. The van der Waals surface area contributed by atoms with Crippen molar-refractivity contribution >= 4 is 23.2 Å². The van der Waals surface area contributed by atoms with Crippen LogP contribution in [0.1, 0.15) is 24.2 Å². The molecule has 1 aromatic carbocycles. The fourth-order valence-electron chi connectivity index (χ4n) is 1.97. The van der Waals surface area contributed by atoms with Gasteiger partial charge in [-0.3, -0.25) is 9.48 Å². The first-order chi connectivity index (χ1) is 12.2. The Kier molecular flexibility index (Phi) is 6.35. The molecule has 0 bridgehead atoms. The Balaban J connectivity index is 2.10. The van der Waals surface area contributed by atoms with Gasteiger partial charge in [0.25, 0.3) is 12.9 Å². The number of hydrogen-bond donors (Lipinski definition) is 1. The van der Waals surface area contributed by atoms with Crippen molar-refractivity contribution in [3.63, 3.8) is 0 Å². The summed E-state index contributed by atoms with van der Waals surface area (Å²) in [5.74, 6) is -1.19. The zero-order valence-electron chi connectivity index (χ0n) is 12.6. The van der Waals surface area contributed by atoms with Gasteiger partial charge in [0.05, 0.1) is 5.02 Å². The average molecular weight is 402 g/mol. The summed E-state index contributed by atoms with van der Waals surface area (Å²) in [6.45, 7) is -3.86. The van der Waals surface area contributed by atoms with Crippen LogP contribution in [0.15, 0.2) is 24.3 Å². The highest BCUT2D eigenvalue weighted by Gasteiger charge is 2.22. The monoisotopic (exact) mass is 401 g/mol. The van der Waals surface area contributed by atoms with E-state index in [0.29, 0.717) is 10.7 Å². The number of amides is 1. The first-order valence-corrected chi connectivity index (χ1v) is 7.23. The number of nitrogens with one attached hydrogen (secondary N) is 1. The first kappa shape index (κ1) is 19.9. The summed E-state index contributed by atoms with van der Waals surface area (Å²) in [6, 6.07) is 3.86. The Labute approximate surface area is 147 Å². The van der Waals surface area contributed by atoms with Gasteiger partial charge in [-0.25, -0.2) is 17.6 Å². The van der Waals surface area contributed by atoms with Crippen molar-refractivity contribution in [2.75, 3.05) is 5.32 Å². The molecule has 142 valence electrons. The van der Waals surface area contributed by atoms with Crippen molar-refractivity contribution in [3.05, 3.63) is 40.7 Å². The van der Waals surface area contributed by atoms with Crippen LogP contribution in [0.4, 0.5) is 32.0 Å². The number of ether oxygens (including phenoxy) is 1. The highest BCUT2D eigenvalue weighted by molar-refractivity contribution is 6.32. The van der Waals surface area contributed by atoms with E-state index in [1.165, 1.54) is 6.07 Å². The number of halogens is 7. The summed E-state index contributed by atoms with van der Waals surface area (Å²) in [5, 5.41) is 5.30. The van der Waals surface area contributed by atoms with Crippen LogP contribution in [-0.4, -0.2) is 22.3 Å². The quantitative estimate of drug-likeness (QED) is 0.687. The third kappa shape index (κ3) is 5.04. The van der Waals surface area contributed by atoms with Crippen molar-refractivity contribution < 1.29 is 35.9 Å². The largest absolute Gasteiger partial charge is 0.433 e. The maximum Gasteiger partial charge on any atom is 0.387 e. The maximum absolute atomic E-state index is 12.9. The molecule has 12 heteroatoms. The van der Waals surface area contributed by atoms with Gasteiger partial charge < -0.3 is 10.1 Å². The van der Waals surface area contributed by atoms with Gasteiger partial charge in [-0.1, -0.05) is 11.6 Å². The lowest BCUT2D eigenvalue weighted by atomic mass is 10.3. The molecule has 1 heterocycles. The van der Waals surface area contributed by atoms with Gasteiger partial charge in [-0.2, -0.15) is 13.9 Å². The smallest absolute Gasteiger partial charge is 0.387 e. The lowest BCUT2D eigenvalue weighted by Gasteiger charge is -2.10. The van der Waals surface area contributed by atoms with Crippen LogP contribution in [0.25, 0.3) is 0 Å². The summed E-state index contributed by atoms with van der Waals surface area (Å²) in [6.07, 6.45) is -6.18. The van der Waals surface area contributed by atoms with Crippen LogP contribution < -0.4 is 10.1 Å². The van der Waals surface area contributed by atoms with E-state index >= 15 is 0 Å². The number of nitrogens with zero attached hydrogens (tertiary/aromatic N) is 2. The summed E-state index contributed by atoms with van der Waals surface area (Å²) in [7, 11) is 0. The van der Waals surface area contributed by atoms with Crippen molar-refractivity contribution in [2.45, 2.75) is 26.0 Å². The number of carbonyl (C=O) groups excluding carboxylic acids is 1. The number of anilines is 1. The van der Waals surface area contributed by atoms with Gasteiger partial charge in [-0.05, 0) is 24.3 Å². The molecule has 2 aromatic rings. The second kappa shape index (κ2) is 8.30. The summed E-state index contributed by atoms with van der Waals surface area (Å²) < 4.78 is 79.7. The molecule has 0 aliphatic heterocycles. The van der Waals surface area contributed by atoms with E-state index in [4.69, 9.17) is 11.6 Å². The first-order valence-electron chi connectivity index (χ1n) is 6.85. The Bertz CT molecular complexity index is 784. The molecule has 0 radical (unpaired) electrons. The number of rotatable bonds is 7. The highest BCUT2D eigenvalue weighted by Crippen LogP contribution is 2.29. The number of alkyl halides is 6. The van der Waals surface area contributed by atoms with Crippen molar-refractivity contribution in [1.82, 2.24) is 9.78 Å². The SMILES string of the molecule is O=C(Cn1nc(C(F)F)cc1C(F)F)Nc1ccc(OC(F)F)c(Cl)c1. The van der Waals surface area contributed by atoms with Gasteiger partial charge in [0.2, 0.25) is 5.91 Å². The average Bonchev–Trinajstić information content (AvgIpc) is 2.94. The summed E-state index contributed by atoms with van der Waals surface area (Å²) in [5.41, 5.74) is -1.67. The molecule has 1 aromatic heterocycles. The van der Waals surface area contributed by atoms with Crippen LogP contribution in [0, 0.1) is 0 Å². The second-order valence-electron chi connectivity index (χ2n) is 4.82. The van der Waals surface area contributed by atoms with Gasteiger partial charge in [0.1, 0.15) is 23.7 Å². The zero-order valence-corrected chi connectivity index (χ0v) is 13.4. The predicted molar refractivity (Wildman–Crippen MR) is 78.9 cm³/mol. The highest BCUT2D eigenvalue weighted by atomic mass is 35.5. The Morgan fingerprint density at radius 3 is 2.38 bits per heavy atom. The molecule has 0 saturated carbocycles. The Morgan fingerprint density at radius 1 is 1.15 bits per heavy atom. The molecule has 0 fully saturated rings. The summed E-state index contributed by atoms with van der Waals surface area (Å²) >= 11 is 5.71. The lowest BCUT2D eigenvalue weighted by Crippen LogP contribution is -2.21. The molecule has 0 aliphatic rings. The minimum atomic E-state index is -3.11. The molecule has 0 atom stereocenters. The molecule has 2 rings (SSSR count). The minimum absolute atomic E-state index is 0.0569.